The molecule has 0 bridgehead atoms. The predicted molar refractivity (Wildman–Crippen MR) is 125 cm³/mol. The van der Waals surface area contributed by atoms with Gasteiger partial charge in [-0.25, -0.2) is 9.80 Å². The van der Waals surface area contributed by atoms with Crippen LogP contribution in [0.15, 0.2) is 0 Å². The van der Waals surface area contributed by atoms with E-state index in [4.69, 9.17) is 10.2 Å². The van der Waals surface area contributed by atoms with Crippen LogP contribution in [0.1, 0.15) is 0 Å². The predicted octanol–water partition coefficient (Wildman–Crippen LogP) is -2.36. The summed E-state index contributed by atoms with van der Waals surface area (Å²) in [5, 5.41) is 26.2. The third kappa shape index (κ3) is 4.34. The van der Waals surface area contributed by atoms with Gasteiger partial charge in [-0.2, -0.15) is 0 Å². The van der Waals surface area contributed by atoms with Gasteiger partial charge in [-0.15, -0.1) is 23.5 Å². The molecule has 6 fully saturated rings. The minimum atomic E-state index is -0.831. The van der Waals surface area contributed by atoms with Crippen LogP contribution in [0.25, 0.3) is 0 Å². The number of carboxylic acid groups (broad SMARTS) is 2. The maximum atomic E-state index is 12.1. The van der Waals surface area contributed by atoms with Crippen molar-refractivity contribution in [2.45, 2.75) is 33.6 Å². The van der Waals surface area contributed by atoms with Crippen LogP contribution in [0, 0.1) is 14.1 Å². The molecule has 5 N–H and O–H groups in total. The van der Waals surface area contributed by atoms with Gasteiger partial charge in [0.05, 0.1) is 19.4 Å². The number of amides is 2. The number of nitrogens with one attached hydrogen (secondary N) is 3. The first-order valence-corrected chi connectivity index (χ1v) is 13.5. The Morgan fingerprint density at radius 2 is 1.53 bits per heavy atom. The molecule has 0 aromatic carbocycles. The van der Waals surface area contributed by atoms with Crippen molar-refractivity contribution >= 4 is 59.0 Å². The molecule has 0 aromatic heterocycles. The second-order valence-electron chi connectivity index (χ2n) is 8.46. The van der Waals surface area contributed by atoms with Crippen molar-refractivity contribution in [2.75, 3.05) is 37.1 Å². The zero-order valence-electron chi connectivity index (χ0n) is 18.9. The van der Waals surface area contributed by atoms with Gasteiger partial charge < -0.3 is 20.8 Å². The molecular weight excluding hydrogens is 608 g/mol. The maximum Gasteiger partial charge on any atom is 0.321 e. The summed E-state index contributed by atoms with van der Waals surface area (Å²) in [6, 6.07) is -1.56. The number of carboxylic acids is 2. The first-order valence-electron chi connectivity index (χ1n) is 10.5. The van der Waals surface area contributed by atoms with Gasteiger partial charge >= 0.3 is 11.9 Å². The van der Waals surface area contributed by atoms with Crippen molar-refractivity contribution in [2.24, 2.45) is 0 Å². The molecule has 6 heterocycles. The van der Waals surface area contributed by atoms with E-state index in [1.807, 2.05) is 9.80 Å². The Hall–Kier alpha value is -0.101. The molecule has 2 amide bonds. The van der Waals surface area contributed by atoms with Crippen LogP contribution in [-0.4, -0.2) is 124 Å². The maximum absolute atomic E-state index is 12.1. The zero-order chi connectivity index (χ0) is 24.4. The second kappa shape index (κ2) is 11.2. The molecule has 2 radical (unpaired) electrons. The van der Waals surface area contributed by atoms with E-state index in [-0.39, 0.29) is 61.0 Å². The Morgan fingerprint density at radius 3 is 2.14 bits per heavy atom. The number of aliphatic carboxylic acids is 2. The minimum absolute atomic E-state index is 0. The Balaban J connectivity index is 0.000000190. The van der Waals surface area contributed by atoms with Crippen molar-refractivity contribution in [3.05, 3.63) is 14.1 Å². The summed E-state index contributed by atoms with van der Waals surface area (Å²) in [7, 11) is 7.05. The largest absolute Gasteiger partial charge is 0.480 e. The molecule has 6 aliphatic heterocycles. The smallest absolute Gasteiger partial charge is 0.321 e. The van der Waals surface area contributed by atoms with E-state index in [0.29, 0.717) is 37.1 Å². The van der Waals surface area contributed by atoms with Gasteiger partial charge in [0.2, 0.25) is 16.9 Å². The molecule has 6 saturated heterocycles. The molecule has 0 aliphatic carbocycles. The standard InChI is InChI=1S/C9H13N4O3S.C9H12N3O3S2.2V/c1-10-2-5-7(14)13-4-12-6(8(15)16)3-17-9(12,13)11-5;1-10-5-2-16-9-11(4-12(9)7(5)13)6(3-17-9)8(14)15;;/h5-6,10-11H,1-4H2,(H,15,16);5-6,10H,1-4H2,(H,14,15);;/q2*-1;;. The average molecular weight is 634 g/mol. The number of hydrogen-bond donors (Lipinski definition) is 5. The molecule has 6 unspecified atom stereocenters. The minimum Gasteiger partial charge on any atom is -0.480 e. The summed E-state index contributed by atoms with van der Waals surface area (Å²) in [5.74, 6) is 0.0610. The molecule has 198 valence electrons. The Morgan fingerprint density at radius 1 is 0.944 bits per heavy atom. The summed E-state index contributed by atoms with van der Waals surface area (Å²) in [5.41, 5.74) is 0. The second-order valence-corrected chi connectivity index (χ2v) is 12.3. The van der Waals surface area contributed by atoms with Crippen LogP contribution in [0.3, 0.4) is 0 Å². The van der Waals surface area contributed by atoms with Crippen LogP contribution in [-0.2, 0) is 56.3 Å². The van der Waals surface area contributed by atoms with Crippen LogP contribution in [0.5, 0.6) is 0 Å². The summed E-state index contributed by atoms with van der Waals surface area (Å²) in [6.45, 7) is 1.25. The number of carbonyl (C=O) groups excluding carboxylic acids is 2. The third-order valence-corrected chi connectivity index (χ3v) is 11.6. The SMILES string of the molecule is [CH2-]NC1CSC23SCC(C(=O)O)N2CN3C1=O.[CH2-]NCC1NC23SCC(C(=O)O)N2CN3C1=O.[V].[V]. The normalized spacial score (nSPS) is 38.2. The number of rotatable bonds is 5. The van der Waals surface area contributed by atoms with E-state index in [0.717, 1.165) is 0 Å². The van der Waals surface area contributed by atoms with Crippen LogP contribution in [0.4, 0.5) is 0 Å². The molecule has 0 saturated carbocycles. The molecule has 6 aliphatic rings. The van der Waals surface area contributed by atoms with Crippen LogP contribution < -0.4 is 16.0 Å². The number of thioether (sulfide) groups is 3. The van der Waals surface area contributed by atoms with Crippen molar-refractivity contribution in [3.63, 3.8) is 0 Å². The first-order chi connectivity index (χ1) is 16.2. The van der Waals surface area contributed by atoms with Crippen molar-refractivity contribution in [3.8, 4) is 0 Å². The van der Waals surface area contributed by atoms with Gasteiger partial charge in [-0.05, 0) is 6.54 Å². The molecular formula is C18H25N7O6S3V2-2. The molecule has 36 heavy (non-hydrogen) atoms. The van der Waals surface area contributed by atoms with Gasteiger partial charge in [0.1, 0.15) is 18.1 Å². The average Bonchev–Trinajstić information content (AvgIpc) is 3.27. The molecule has 13 nitrogen and oxygen atoms in total. The summed E-state index contributed by atoms with van der Waals surface area (Å²) in [6.07, 6.45) is 0. The third-order valence-electron chi connectivity index (χ3n) is 6.76. The van der Waals surface area contributed by atoms with E-state index in [9.17, 15) is 19.2 Å². The van der Waals surface area contributed by atoms with E-state index in [2.05, 4.69) is 30.0 Å². The fourth-order valence-electron chi connectivity index (χ4n) is 4.92. The topological polar surface area (TPSA) is 158 Å². The Bertz CT molecular complexity index is 916. The van der Waals surface area contributed by atoms with Crippen LogP contribution >= 0.6 is 35.3 Å². The van der Waals surface area contributed by atoms with Gasteiger partial charge in [-0.3, -0.25) is 48.4 Å². The van der Waals surface area contributed by atoms with Crippen LogP contribution in [0.2, 0.25) is 0 Å². The zero-order valence-corrected chi connectivity index (χ0v) is 24.1. The van der Waals surface area contributed by atoms with E-state index in [1.54, 1.807) is 33.3 Å². The number of nitrogens with zero attached hydrogens (tertiary/aromatic N) is 4. The monoisotopic (exact) mass is 633 g/mol. The fourth-order valence-corrected chi connectivity index (χ4v) is 9.90. The molecule has 2 spiro atoms. The van der Waals surface area contributed by atoms with Gasteiger partial charge in [0, 0.05) is 54.4 Å². The van der Waals surface area contributed by atoms with Crippen molar-refractivity contribution in [1.82, 2.24) is 35.6 Å². The summed E-state index contributed by atoms with van der Waals surface area (Å²) < 4.78 is -0.465. The van der Waals surface area contributed by atoms with Gasteiger partial charge in [0.25, 0.3) is 0 Å². The van der Waals surface area contributed by atoms with E-state index < -0.39 is 33.5 Å². The Labute approximate surface area is 244 Å². The first kappa shape index (κ1) is 30.4. The van der Waals surface area contributed by atoms with Crippen molar-refractivity contribution in [1.29, 1.82) is 0 Å². The quantitative estimate of drug-likeness (QED) is 0.205. The van der Waals surface area contributed by atoms with Gasteiger partial charge in [-0.1, -0.05) is 11.8 Å². The molecule has 6 rings (SSSR count). The Kier molecular flexibility index (Phi) is 9.45. The summed E-state index contributed by atoms with van der Waals surface area (Å²) >= 11 is 4.63. The van der Waals surface area contributed by atoms with E-state index >= 15 is 0 Å². The summed E-state index contributed by atoms with van der Waals surface area (Å²) in [4.78, 5) is 53.3. The molecule has 6 atom stereocenters. The van der Waals surface area contributed by atoms with Gasteiger partial charge in [0.15, 0.2) is 4.33 Å². The number of carbonyl (C=O) groups is 4. The molecule has 18 heteroatoms. The molecule has 0 aromatic rings. The van der Waals surface area contributed by atoms with Crippen molar-refractivity contribution < 1.29 is 66.5 Å². The number of hydrogen-bond acceptors (Lipinski definition) is 12. The fraction of sp³-hybridized carbons (Fsp3) is 0.667. The van der Waals surface area contributed by atoms with E-state index in [1.165, 1.54) is 11.8 Å².